The van der Waals surface area contributed by atoms with Gasteiger partial charge in [-0.05, 0) is 282 Å². The molecule has 25 nitrogen and oxygen atoms in total. The normalized spacial score (nSPS) is 15.6. The number of benzene rings is 9. The van der Waals surface area contributed by atoms with Crippen LogP contribution in [-0.2, 0) is 40.1 Å². The van der Waals surface area contributed by atoms with Gasteiger partial charge in [0.2, 0.25) is 45.8 Å². The highest BCUT2D eigenvalue weighted by atomic mass is 35.5. The molecule has 4 fully saturated rings. The Morgan fingerprint density at radius 2 is 0.712 bits per heavy atom. The highest BCUT2D eigenvalue weighted by Gasteiger charge is 2.30. The van der Waals surface area contributed by atoms with Gasteiger partial charge in [-0.15, -0.1) is 0 Å². The first-order chi connectivity index (χ1) is 63.4. The summed E-state index contributed by atoms with van der Waals surface area (Å²) in [6, 6.07) is 68.4. The second kappa shape index (κ2) is 43.2. The zero-order valence-corrected chi connectivity index (χ0v) is 78.3. The van der Waals surface area contributed by atoms with Crippen LogP contribution in [0.4, 0.5) is 51.2 Å². The molecule has 4 saturated heterocycles. The molecular formula is C99H93Cl4N13O12S4. The number of fused-ring (bicyclic) bond motifs is 1. The molecule has 13 aromatic rings. The van der Waals surface area contributed by atoms with E-state index in [0.717, 1.165) is 107 Å². The third-order valence-corrected chi connectivity index (χ3v) is 31.1. The Morgan fingerprint density at radius 3 is 1.08 bits per heavy atom. The minimum absolute atomic E-state index is 0.142. The maximum absolute atomic E-state index is 13.0. The first kappa shape index (κ1) is 95.5. The van der Waals surface area contributed by atoms with E-state index in [-0.39, 0.29) is 46.6 Å². The van der Waals surface area contributed by atoms with Crippen molar-refractivity contribution < 1.29 is 52.8 Å². The summed E-state index contributed by atoms with van der Waals surface area (Å²) < 4.78 is 106. The smallest absolute Gasteiger partial charge is 0.255 e. The Morgan fingerprint density at radius 1 is 0.341 bits per heavy atom. The highest BCUT2D eigenvalue weighted by Crippen LogP contribution is 2.38. The SMILES string of the molecule is Cc1ccc(-c2cc(NC(=O)c3ccc(N4CCCCCS4(=O)=O)cc3)ccc2Cl)nc1.Cc1ccnc(-c2cc(NC(=O)c3ccc(N4CCCCCS4(=O)=O)cc3)ccc2Cl)c1.O=C(Nc1cc(Cl)cc(-c2nccc3ccccc23)c1)c1ccc(N2CCCCCS2(=O)=O)cc1.[C-]#[N+]c1ccc(-c2cc(NC(=O)c3ccc(N4CCCCCS4(=O)=O)cc3)ccc2Cl)nc1. The van der Waals surface area contributed by atoms with E-state index < -0.39 is 40.1 Å². The molecule has 132 heavy (non-hydrogen) atoms. The second-order valence-electron chi connectivity index (χ2n) is 31.9. The molecule has 4 aliphatic heterocycles. The summed E-state index contributed by atoms with van der Waals surface area (Å²) in [5.41, 5.74) is 14.5. The molecule has 0 bridgehead atoms. The lowest BCUT2D eigenvalue weighted by molar-refractivity contribution is 0.101. The van der Waals surface area contributed by atoms with Crippen molar-refractivity contribution in [2.45, 2.75) is 90.9 Å². The van der Waals surface area contributed by atoms with Gasteiger partial charge in [0.25, 0.3) is 23.6 Å². The zero-order valence-electron chi connectivity index (χ0n) is 72.0. The van der Waals surface area contributed by atoms with Gasteiger partial charge >= 0.3 is 0 Å². The molecule has 4 amide bonds. The van der Waals surface area contributed by atoms with E-state index in [1.165, 1.54) is 23.4 Å². The van der Waals surface area contributed by atoms with Crippen LogP contribution in [0.1, 0.15) is 130 Å². The first-order valence-corrected chi connectivity index (χ1v) is 50.8. The van der Waals surface area contributed by atoms with Crippen molar-refractivity contribution in [3.05, 3.63) is 326 Å². The fraction of sp³-hybridized carbons (Fsp3) is 0.222. The van der Waals surface area contributed by atoms with Gasteiger partial charge in [-0.2, -0.15) is 0 Å². The van der Waals surface area contributed by atoms with E-state index >= 15 is 0 Å². The number of hydrogen-bond acceptors (Lipinski definition) is 16. The third kappa shape index (κ3) is 24.4. The van der Waals surface area contributed by atoms with Gasteiger partial charge < -0.3 is 21.3 Å². The van der Waals surface area contributed by atoms with Crippen LogP contribution in [0.15, 0.2) is 261 Å². The molecule has 4 aromatic heterocycles. The number of pyridine rings is 4. The summed E-state index contributed by atoms with van der Waals surface area (Å²) in [5.74, 6) is -0.615. The second-order valence-corrected chi connectivity index (χ2v) is 41.7. The standard InChI is InChI=1S/C27H24ClN3O3S.C24H21ClN4O3S.2C24H24ClN3O3S/c28-22-16-21(26-25-7-3-2-6-19(25)12-13-29-26)17-23(18-22)30-27(32)20-8-10-24(11-9-20)31-14-4-1-5-15-35(31,33)34;1-26-19-8-12-23(27-16-19)21-15-18(7-11-22(21)25)28-24(30)17-5-9-20(10-6-17)29-13-3-2-4-14-33(29,31)32;1-17-5-12-23(26-16-17)21-15-19(8-11-22(21)25)27-24(29)18-6-9-20(10-7-18)28-13-3-2-4-14-32(28,30)31;1-17-11-12-26-23(15-17)21-16-19(7-10-22(21)25)27-24(29)18-5-8-20(9-6-18)28-13-3-2-4-14-32(28,30)31/h2-3,6-13,16-18H,1,4-5,14-15H2,(H,30,32);5-12,15-16H,2-4,13-14H2,(H,28,30);2*5-12,15-16H,2-4,13-14H2,1H3,(H,27,29). The van der Waals surface area contributed by atoms with Crippen molar-refractivity contribution in [1.29, 1.82) is 0 Å². The minimum Gasteiger partial charge on any atom is -0.322 e. The van der Waals surface area contributed by atoms with Crippen LogP contribution >= 0.6 is 46.4 Å². The Kier molecular flexibility index (Phi) is 31.2. The highest BCUT2D eigenvalue weighted by molar-refractivity contribution is 7.93. The number of carbonyl (C=O) groups is 4. The monoisotopic (exact) mass is 1920 g/mol. The molecule has 4 N–H and O–H groups in total. The van der Waals surface area contributed by atoms with Gasteiger partial charge in [0.05, 0.1) is 90.2 Å². The van der Waals surface area contributed by atoms with Crippen LogP contribution in [-0.4, -0.2) is 126 Å². The number of halogens is 4. The Bertz CT molecular complexity index is 6950. The molecular weight excluding hydrogens is 1830 g/mol. The summed E-state index contributed by atoms with van der Waals surface area (Å²) in [7, 11) is -13.3. The third-order valence-electron chi connectivity index (χ3n) is 22.4. The molecule has 678 valence electrons. The molecule has 0 aliphatic carbocycles. The quantitative estimate of drug-likeness (QED) is 0.0653. The number of amides is 4. The Balaban J connectivity index is 0.000000142. The zero-order chi connectivity index (χ0) is 93.3. The van der Waals surface area contributed by atoms with Gasteiger partial charge in [0.15, 0.2) is 0 Å². The lowest BCUT2D eigenvalue weighted by atomic mass is 10.0. The van der Waals surface area contributed by atoms with Gasteiger partial charge in [-0.3, -0.25) is 56.3 Å². The van der Waals surface area contributed by atoms with Gasteiger partial charge in [0.1, 0.15) is 0 Å². The lowest BCUT2D eigenvalue weighted by Gasteiger charge is -2.22. The maximum atomic E-state index is 13.0. The van der Waals surface area contributed by atoms with Crippen molar-refractivity contribution in [2.24, 2.45) is 0 Å². The molecule has 8 heterocycles. The molecule has 0 atom stereocenters. The van der Waals surface area contributed by atoms with Crippen molar-refractivity contribution in [1.82, 2.24) is 19.9 Å². The number of aromatic nitrogens is 4. The van der Waals surface area contributed by atoms with Crippen LogP contribution < -0.4 is 38.5 Å². The van der Waals surface area contributed by atoms with Crippen LogP contribution in [0.25, 0.3) is 60.6 Å². The van der Waals surface area contributed by atoms with E-state index in [4.69, 9.17) is 53.0 Å². The maximum Gasteiger partial charge on any atom is 0.255 e. The molecule has 0 unspecified atom stereocenters. The topological polar surface area (TPSA) is 322 Å². The van der Waals surface area contributed by atoms with E-state index in [2.05, 4.69) is 46.0 Å². The molecule has 4 aliphatic rings. The molecule has 0 saturated carbocycles. The summed E-state index contributed by atoms with van der Waals surface area (Å²) in [4.78, 5) is 72.2. The van der Waals surface area contributed by atoms with Crippen molar-refractivity contribution >= 4 is 172 Å². The lowest BCUT2D eigenvalue weighted by Crippen LogP contribution is -2.32. The molecule has 9 aromatic carbocycles. The Hall–Kier alpha value is -12.6. The van der Waals surface area contributed by atoms with Crippen LogP contribution in [0.3, 0.4) is 0 Å². The molecule has 17 rings (SSSR count). The number of nitrogens with zero attached hydrogens (tertiary/aromatic N) is 9. The van der Waals surface area contributed by atoms with Crippen molar-refractivity contribution in [2.75, 3.05) is 87.7 Å². The predicted molar refractivity (Wildman–Crippen MR) is 529 cm³/mol. The number of nitrogens with one attached hydrogen (secondary N) is 4. The van der Waals surface area contributed by atoms with Crippen LogP contribution in [0, 0.1) is 20.4 Å². The van der Waals surface area contributed by atoms with Crippen molar-refractivity contribution in [3.8, 4) is 45.0 Å². The first-order valence-electron chi connectivity index (χ1n) is 42.9. The number of carbonyl (C=O) groups excluding carboxylic acids is 4. The minimum atomic E-state index is -3.34. The number of rotatable bonds is 16. The van der Waals surface area contributed by atoms with Crippen LogP contribution in [0.5, 0.6) is 0 Å². The van der Waals surface area contributed by atoms with Crippen LogP contribution in [0.2, 0.25) is 20.1 Å². The fourth-order valence-electron chi connectivity index (χ4n) is 15.4. The number of aryl methyl sites for hydroxylation is 2. The van der Waals surface area contributed by atoms with Crippen molar-refractivity contribution in [3.63, 3.8) is 0 Å². The summed E-state index contributed by atoms with van der Waals surface area (Å²) >= 11 is 25.4. The fourth-order valence-corrected chi connectivity index (χ4v) is 22.9. The number of sulfonamides is 4. The molecule has 33 heteroatoms. The van der Waals surface area contributed by atoms with E-state index in [1.807, 2.05) is 80.6 Å². The summed E-state index contributed by atoms with van der Waals surface area (Å²) in [5, 5.41) is 15.6. The predicted octanol–water partition coefficient (Wildman–Crippen LogP) is 22.2. The summed E-state index contributed by atoms with van der Waals surface area (Å²) in [6.45, 7) is 12.8. The van der Waals surface area contributed by atoms with Gasteiger partial charge in [0, 0.05) is 129 Å². The number of hydrogen-bond donors (Lipinski definition) is 4. The van der Waals surface area contributed by atoms with E-state index in [0.29, 0.717) is 157 Å². The van der Waals surface area contributed by atoms with E-state index in [1.54, 1.807) is 188 Å². The van der Waals surface area contributed by atoms with E-state index in [9.17, 15) is 52.8 Å². The van der Waals surface area contributed by atoms with Gasteiger partial charge in [-0.25, -0.2) is 38.5 Å². The molecule has 0 spiro atoms. The Labute approximate surface area is 788 Å². The average molecular weight is 1930 g/mol. The summed E-state index contributed by atoms with van der Waals surface area (Å²) in [6.07, 6.45) is 16.3. The molecule has 0 radical (unpaired) electrons. The number of anilines is 8. The average Bonchev–Trinajstić information content (AvgIpc) is 1.14. The van der Waals surface area contributed by atoms with Gasteiger partial charge in [-0.1, -0.05) is 108 Å². The largest absolute Gasteiger partial charge is 0.322 e.